The predicted octanol–water partition coefficient (Wildman–Crippen LogP) is 2.96. The first-order valence-electron chi connectivity index (χ1n) is 6.66. The number of nitrogens with one attached hydrogen (secondary N) is 1. The molecule has 0 aliphatic heterocycles. The molecule has 0 unspecified atom stereocenters. The third-order valence-electron chi connectivity index (χ3n) is 3.67. The first-order chi connectivity index (χ1) is 8.11. The van der Waals surface area contributed by atoms with Crippen LogP contribution in [0.5, 0.6) is 0 Å². The van der Waals surface area contributed by atoms with Gasteiger partial charge in [-0.1, -0.05) is 19.9 Å². The van der Waals surface area contributed by atoms with Gasteiger partial charge in [0.05, 0.1) is 0 Å². The maximum atomic E-state index is 5.74. The van der Waals surface area contributed by atoms with Crippen molar-refractivity contribution in [3.05, 3.63) is 29.3 Å². The number of benzene rings is 1. The molecule has 0 radical (unpaired) electrons. The SMILES string of the molecule is CC(C)(CN)CNc1ccc2c(c1)CCCC2. The second-order valence-corrected chi connectivity index (χ2v) is 5.91. The van der Waals surface area contributed by atoms with E-state index in [0.29, 0.717) is 6.54 Å². The molecule has 0 saturated carbocycles. The molecular formula is C15H24N2. The van der Waals surface area contributed by atoms with Crippen molar-refractivity contribution in [1.82, 2.24) is 0 Å². The van der Waals surface area contributed by atoms with Gasteiger partial charge in [-0.3, -0.25) is 0 Å². The summed E-state index contributed by atoms with van der Waals surface area (Å²) in [5, 5.41) is 3.51. The highest BCUT2D eigenvalue weighted by Gasteiger charge is 2.15. The number of fused-ring (bicyclic) bond motifs is 1. The van der Waals surface area contributed by atoms with E-state index in [4.69, 9.17) is 5.73 Å². The molecule has 3 N–H and O–H groups in total. The Morgan fingerprint density at radius 2 is 1.88 bits per heavy atom. The highest BCUT2D eigenvalue weighted by molar-refractivity contribution is 5.49. The summed E-state index contributed by atoms with van der Waals surface area (Å²) < 4.78 is 0. The van der Waals surface area contributed by atoms with Gasteiger partial charge in [0.2, 0.25) is 0 Å². The van der Waals surface area contributed by atoms with Gasteiger partial charge in [0.15, 0.2) is 0 Å². The van der Waals surface area contributed by atoms with Crippen LogP contribution in [0.2, 0.25) is 0 Å². The Labute approximate surface area is 105 Å². The molecule has 1 aromatic carbocycles. The number of hydrogen-bond donors (Lipinski definition) is 2. The lowest BCUT2D eigenvalue weighted by Gasteiger charge is -2.24. The van der Waals surface area contributed by atoms with Crippen LogP contribution in [0.1, 0.15) is 37.8 Å². The molecule has 2 nitrogen and oxygen atoms in total. The van der Waals surface area contributed by atoms with E-state index in [1.54, 1.807) is 5.56 Å². The lowest BCUT2D eigenvalue weighted by molar-refractivity contribution is 0.405. The molecule has 0 bridgehead atoms. The van der Waals surface area contributed by atoms with Crippen molar-refractivity contribution in [3.63, 3.8) is 0 Å². The monoisotopic (exact) mass is 232 g/mol. The van der Waals surface area contributed by atoms with Crippen LogP contribution in [-0.2, 0) is 12.8 Å². The fourth-order valence-corrected chi connectivity index (χ4v) is 2.26. The maximum absolute atomic E-state index is 5.74. The van der Waals surface area contributed by atoms with Crippen LogP contribution in [-0.4, -0.2) is 13.1 Å². The van der Waals surface area contributed by atoms with Gasteiger partial charge in [-0.25, -0.2) is 0 Å². The lowest BCUT2D eigenvalue weighted by Crippen LogP contribution is -2.31. The maximum Gasteiger partial charge on any atom is 0.0343 e. The van der Waals surface area contributed by atoms with E-state index in [2.05, 4.69) is 37.4 Å². The zero-order valence-electron chi connectivity index (χ0n) is 11.1. The van der Waals surface area contributed by atoms with Crippen molar-refractivity contribution >= 4 is 5.69 Å². The number of anilines is 1. The Morgan fingerprint density at radius 3 is 2.59 bits per heavy atom. The molecule has 17 heavy (non-hydrogen) atoms. The van der Waals surface area contributed by atoms with Crippen molar-refractivity contribution in [3.8, 4) is 0 Å². The molecule has 0 heterocycles. The summed E-state index contributed by atoms with van der Waals surface area (Å²) in [5.74, 6) is 0. The molecule has 1 aliphatic carbocycles. The second-order valence-electron chi connectivity index (χ2n) is 5.91. The molecule has 1 aromatic rings. The molecule has 0 aromatic heterocycles. The second kappa shape index (κ2) is 5.09. The molecule has 0 saturated heterocycles. The minimum atomic E-state index is 0.163. The average molecular weight is 232 g/mol. The van der Waals surface area contributed by atoms with E-state index in [-0.39, 0.29) is 5.41 Å². The average Bonchev–Trinajstić information content (AvgIpc) is 2.36. The quantitative estimate of drug-likeness (QED) is 0.837. The van der Waals surface area contributed by atoms with Crippen LogP contribution >= 0.6 is 0 Å². The highest BCUT2D eigenvalue weighted by Crippen LogP contribution is 2.25. The molecule has 0 amide bonds. The largest absolute Gasteiger partial charge is 0.384 e. The van der Waals surface area contributed by atoms with Crippen molar-refractivity contribution in [2.24, 2.45) is 11.1 Å². The molecular weight excluding hydrogens is 208 g/mol. The summed E-state index contributed by atoms with van der Waals surface area (Å²) in [6.45, 7) is 6.03. The van der Waals surface area contributed by atoms with Gasteiger partial charge in [-0.2, -0.15) is 0 Å². The van der Waals surface area contributed by atoms with Crippen molar-refractivity contribution in [2.45, 2.75) is 39.5 Å². The van der Waals surface area contributed by atoms with Gasteiger partial charge < -0.3 is 11.1 Å². The predicted molar refractivity (Wildman–Crippen MR) is 74.4 cm³/mol. The third kappa shape index (κ3) is 3.22. The zero-order valence-corrected chi connectivity index (χ0v) is 11.1. The summed E-state index contributed by atoms with van der Waals surface area (Å²) in [4.78, 5) is 0. The Morgan fingerprint density at radius 1 is 1.18 bits per heavy atom. The molecule has 0 atom stereocenters. The van der Waals surface area contributed by atoms with Crippen molar-refractivity contribution in [2.75, 3.05) is 18.4 Å². The number of nitrogens with two attached hydrogens (primary N) is 1. The first-order valence-corrected chi connectivity index (χ1v) is 6.66. The Balaban J connectivity index is 2.02. The summed E-state index contributed by atoms with van der Waals surface area (Å²) in [6.07, 6.45) is 5.18. The summed E-state index contributed by atoms with van der Waals surface area (Å²) in [6, 6.07) is 6.81. The summed E-state index contributed by atoms with van der Waals surface area (Å²) >= 11 is 0. The molecule has 0 spiro atoms. The van der Waals surface area contributed by atoms with Crippen LogP contribution in [0.3, 0.4) is 0 Å². The Bertz CT molecular complexity index is 383. The van der Waals surface area contributed by atoms with E-state index in [0.717, 1.165) is 6.54 Å². The minimum Gasteiger partial charge on any atom is -0.384 e. The van der Waals surface area contributed by atoms with Gasteiger partial charge in [0.1, 0.15) is 0 Å². The molecule has 0 fully saturated rings. The van der Waals surface area contributed by atoms with E-state index < -0.39 is 0 Å². The molecule has 1 aliphatic rings. The van der Waals surface area contributed by atoms with Gasteiger partial charge in [-0.05, 0) is 60.9 Å². The molecule has 2 heteroatoms. The first kappa shape index (κ1) is 12.4. The van der Waals surface area contributed by atoms with E-state index >= 15 is 0 Å². The van der Waals surface area contributed by atoms with Crippen LogP contribution < -0.4 is 11.1 Å². The lowest BCUT2D eigenvalue weighted by atomic mass is 9.91. The van der Waals surface area contributed by atoms with Gasteiger partial charge in [-0.15, -0.1) is 0 Å². The topological polar surface area (TPSA) is 38.0 Å². The van der Waals surface area contributed by atoms with Gasteiger partial charge in [0, 0.05) is 12.2 Å². The van der Waals surface area contributed by atoms with Crippen molar-refractivity contribution in [1.29, 1.82) is 0 Å². The standard InChI is InChI=1S/C15H24N2/c1-15(2,10-16)11-17-14-8-7-12-5-3-4-6-13(12)9-14/h7-9,17H,3-6,10-11,16H2,1-2H3. The Hall–Kier alpha value is -1.02. The smallest absolute Gasteiger partial charge is 0.0343 e. The normalized spacial score (nSPS) is 15.5. The zero-order chi connectivity index (χ0) is 12.3. The van der Waals surface area contributed by atoms with Crippen molar-refractivity contribution < 1.29 is 0 Å². The fraction of sp³-hybridized carbons (Fsp3) is 0.600. The van der Waals surface area contributed by atoms with Crippen LogP contribution in [0.15, 0.2) is 18.2 Å². The fourth-order valence-electron chi connectivity index (χ4n) is 2.26. The summed E-state index contributed by atoms with van der Waals surface area (Å²) in [5.41, 5.74) is 10.2. The minimum absolute atomic E-state index is 0.163. The highest BCUT2D eigenvalue weighted by atomic mass is 14.9. The van der Waals surface area contributed by atoms with Crippen LogP contribution in [0.4, 0.5) is 5.69 Å². The molecule has 2 rings (SSSR count). The number of aryl methyl sites for hydroxylation is 2. The third-order valence-corrected chi connectivity index (χ3v) is 3.67. The summed E-state index contributed by atoms with van der Waals surface area (Å²) in [7, 11) is 0. The van der Waals surface area contributed by atoms with Crippen LogP contribution in [0.25, 0.3) is 0 Å². The van der Waals surface area contributed by atoms with E-state index in [9.17, 15) is 0 Å². The number of hydrogen-bond acceptors (Lipinski definition) is 2. The van der Waals surface area contributed by atoms with Crippen LogP contribution in [0, 0.1) is 5.41 Å². The van der Waals surface area contributed by atoms with E-state index in [1.165, 1.54) is 36.9 Å². The van der Waals surface area contributed by atoms with Gasteiger partial charge in [0.25, 0.3) is 0 Å². The number of rotatable bonds is 4. The van der Waals surface area contributed by atoms with Gasteiger partial charge >= 0.3 is 0 Å². The molecule has 94 valence electrons. The van der Waals surface area contributed by atoms with E-state index in [1.807, 2.05) is 0 Å². The Kier molecular flexibility index (Phi) is 3.72.